The fourth-order valence-corrected chi connectivity index (χ4v) is 2.35. The average molecular weight is 310 g/mol. The lowest BCUT2D eigenvalue weighted by atomic mass is 10.0. The van der Waals surface area contributed by atoms with Gasteiger partial charge in [-0.3, -0.25) is 0 Å². The second kappa shape index (κ2) is 8.18. The first-order chi connectivity index (χ1) is 11.1. The average Bonchev–Trinajstić information content (AvgIpc) is 2.54. The van der Waals surface area contributed by atoms with Crippen LogP contribution >= 0.6 is 0 Å². The zero-order valence-corrected chi connectivity index (χ0v) is 13.8. The number of allylic oxidation sites excluding steroid dienone is 1. The molecule has 0 saturated carbocycles. The lowest BCUT2D eigenvalue weighted by Gasteiger charge is -2.11. The molecule has 0 aliphatic carbocycles. The van der Waals surface area contributed by atoms with E-state index in [0.717, 1.165) is 28.0 Å². The molecular formula is C20H22O3. The van der Waals surface area contributed by atoms with Crippen molar-refractivity contribution in [3.05, 3.63) is 71.3 Å². The molecule has 0 unspecified atom stereocenters. The quantitative estimate of drug-likeness (QED) is 0.580. The van der Waals surface area contributed by atoms with Crippen molar-refractivity contribution < 1.29 is 14.3 Å². The summed E-state index contributed by atoms with van der Waals surface area (Å²) in [6, 6.07) is 15.9. The molecule has 0 heterocycles. The third-order valence-electron chi connectivity index (χ3n) is 3.49. The Labute approximate surface area is 137 Å². The van der Waals surface area contributed by atoms with Crippen molar-refractivity contribution in [3.63, 3.8) is 0 Å². The van der Waals surface area contributed by atoms with E-state index in [0.29, 0.717) is 13.2 Å². The second-order valence-corrected chi connectivity index (χ2v) is 5.33. The maximum Gasteiger partial charge on any atom is 0.331 e. The van der Waals surface area contributed by atoms with Gasteiger partial charge in [0.1, 0.15) is 12.4 Å². The minimum absolute atomic E-state index is 0.311. The van der Waals surface area contributed by atoms with Crippen molar-refractivity contribution in [2.45, 2.75) is 27.4 Å². The van der Waals surface area contributed by atoms with Crippen LogP contribution in [0.4, 0.5) is 0 Å². The number of esters is 1. The van der Waals surface area contributed by atoms with Crippen LogP contribution in [0, 0.1) is 6.92 Å². The highest BCUT2D eigenvalue weighted by molar-refractivity contribution is 5.91. The molecule has 23 heavy (non-hydrogen) atoms. The van der Waals surface area contributed by atoms with E-state index in [1.54, 1.807) is 6.92 Å². The number of hydrogen-bond acceptors (Lipinski definition) is 3. The summed E-state index contributed by atoms with van der Waals surface area (Å²) in [4.78, 5) is 11.5. The fraction of sp³-hybridized carbons (Fsp3) is 0.250. The molecule has 0 fully saturated rings. The van der Waals surface area contributed by atoms with Gasteiger partial charge in [0.25, 0.3) is 0 Å². The monoisotopic (exact) mass is 310 g/mol. The van der Waals surface area contributed by atoms with Crippen LogP contribution in [0.2, 0.25) is 0 Å². The Hall–Kier alpha value is -2.55. The maximum atomic E-state index is 11.5. The van der Waals surface area contributed by atoms with E-state index in [1.165, 1.54) is 6.08 Å². The summed E-state index contributed by atoms with van der Waals surface area (Å²) < 4.78 is 10.8. The zero-order chi connectivity index (χ0) is 16.7. The normalized spacial score (nSPS) is 11.2. The van der Waals surface area contributed by atoms with Crippen molar-refractivity contribution in [2.75, 3.05) is 6.61 Å². The molecule has 3 nitrogen and oxygen atoms in total. The Morgan fingerprint density at radius 1 is 1.13 bits per heavy atom. The van der Waals surface area contributed by atoms with Gasteiger partial charge in [-0.15, -0.1) is 0 Å². The summed E-state index contributed by atoms with van der Waals surface area (Å²) in [5, 5.41) is 0. The molecule has 0 radical (unpaired) electrons. The van der Waals surface area contributed by atoms with Gasteiger partial charge in [0.2, 0.25) is 0 Å². The Morgan fingerprint density at radius 2 is 1.87 bits per heavy atom. The van der Waals surface area contributed by atoms with Crippen molar-refractivity contribution in [1.29, 1.82) is 0 Å². The van der Waals surface area contributed by atoms with Gasteiger partial charge in [-0.05, 0) is 55.2 Å². The van der Waals surface area contributed by atoms with Crippen LogP contribution in [0.1, 0.15) is 30.5 Å². The Kier molecular flexibility index (Phi) is 5.98. The first-order valence-electron chi connectivity index (χ1n) is 7.73. The van der Waals surface area contributed by atoms with Crippen LogP contribution in [-0.2, 0) is 16.1 Å². The molecule has 0 bridgehead atoms. The number of carbonyl (C=O) groups is 1. The van der Waals surface area contributed by atoms with Crippen molar-refractivity contribution in [3.8, 4) is 5.75 Å². The van der Waals surface area contributed by atoms with Crippen LogP contribution in [-0.4, -0.2) is 12.6 Å². The van der Waals surface area contributed by atoms with E-state index in [4.69, 9.17) is 9.47 Å². The molecule has 0 aromatic heterocycles. The molecule has 0 amide bonds. The molecule has 0 atom stereocenters. The maximum absolute atomic E-state index is 11.5. The SMILES string of the molecule is CCOC(=O)C=C(C)c1ccc(OCc2ccccc2)cc1C. The van der Waals surface area contributed by atoms with Gasteiger partial charge in [0.05, 0.1) is 6.61 Å². The molecule has 2 aromatic carbocycles. The van der Waals surface area contributed by atoms with Crippen molar-refractivity contribution >= 4 is 11.5 Å². The number of benzene rings is 2. The van der Waals surface area contributed by atoms with Crippen LogP contribution < -0.4 is 4.74 Å². The molecular weight excluding hydrogens is 288 g/mol. The molecule has 120 valence electrons. The van der Waals surface area contributed by atoms with Crippen LogP contribution in [0.25, 0.3) is 5.57 Å². The molecule has 0 spiro atoms. The number of carbonyl (C=O) groups excluding carboxylic acids is 1. The number of ether oxygens (including phenoxy) is 2. The summed E-state index contributed by atoms with van der Waals surface area (Å²) in [5.74, 6) is 0.507. The molecule has 2 aromatic rings. The highest BCUT2D eigenvalue weighted by Crippen LogP contribution is 2.24. The van der Waals surface area contributed by atoms with E-state index in [-0.39, 0.29) is 5.97 Å². The van der Waals surface area contributed by atoms with Gasteiger partial charge in [-0.1, -0.05) is 36.4 Å². The summed E-state index contributed by atoms with van der Waals surface area (Å²) in [6.45, 7) is 6.63. The Morgan fingerprint density at radius 3 is 2.52 bits per heavy atom. The minimum atomic E-state index is -0.311. The Balaban J connectivity index is 2.07. The molecule has 0 saturated heterocycles. The zero-order valence-electron chi connectivity index (χ0n) is 13.8. The van der Waals surface area contributed by atoms with Gasteiger partial charge in [0.15, 0.2) is 0 Å². The first kappa shape index (κ1) is 16.8. The first-order valence-corrected chi connectivity index (χ1v) is 7.73. The lowest BCUT2D eigenvalue weighted by molar-refractivity contribution is -0.137. The largest absolute Gasteiger partial charge is 0.489 e. The lowest BCUT2D eigenvalue weighted by Crippen LogP contribution is -2.01. The Bertz CT molecular complexity index is 687. The van der Waals surface area contributed by atoms with Crippen LogP contribution in [0.3, 0.4) is 0 Å². The fourth-order valence-electron chi connectivity index (χ4n) is 2.35. The molecule has 0 N–H and O–H groups in total. The third-order valence-corrected chi connectivity index (χ3v) is 3.49. The van der Waals surface area contributed by atoms with Gasteiger partial charge >= 0.3 is 5.97 Å². The van der Waals surface area contributed by atoms with Gasteiger partial charge in [-0.25, -0.2) is 4.79 Å². The third kappa shape index (κ3) is 4.99. The van der Waals surface area contributed by atoms with E-state index in [2.05, 4.69) is 0 Å². The van der Waals surface area contributed by atoms with E-state index < -0.39 is 0 Å². The minimum Gasteiger partial charge on any atom is -0.489 e. The smallest absolute Gasteiger partial charge is 0.331 e. The highest BCUT2D eigenvalue weighted by atomic mass is 16.5. The van der Waals surface area contributed by atoms with Gasteiger partial charge < -0.3 is 9.47 Å². The summed E-state index contributed by atoms with van der Waals surface area (Å²) in [6.07, 6.45) is 1.52. The standard InChI is InChI=1S/C20H22O3/c1-4-22-20(21)13-16(3)19-11-10-18(12-15(19)2)23-14-17-8-6-5-7-9-17/h5-13H,4,14H2,1-3H3. The molecule has 3 heteroatoms. The number of aryl methyl sites for hydroxylation is 1. The predicted molar refractivity (Wildman–Crippen MR) is 92.2 cm³/mol. The number of hydrogen-bond donors (Lipinski definition) is 0. The predicted octanol–water partition coefficient (Wildman–Crippen LogP) is 4.54. The summed E-state index contributed by atoms with van der Waals surface area (Å²) >= 11 is 0. The van der Waals surface area contributed by atoms with Crippen LogP contribution in [0.15, 0.2) is 54.6 Å². The van der Waals surface area contributed by atoms with Gasteiger partial charge in [0, 0.05) is 6.08 Å². The van der Waals surface area contributed by atoms with E-state index in [1.807, 2.05) is 62.4 Å². The highest BCUT2D eigenvalue weighted by Gasteiger charge is 2.06. The molecule has 0 aliphatic heterocycles. The van der Waals surface area contributed by atoms with E-state index in [9.17, 15) is 4.79 Å². The van der Waals surface area contributed by atoms with Gasteiger partial charge in [-0.2, -0.15) is 0 Å². The molecule has 2 rings (SSSR count). The molecule has 0 aliphatic rings. The van der Waals surface area contributed by atoms with Crippen LogP contribution in [0.5, 0.6) is 5.75 Å². The topological polar surface area (TPSA) is 35.5 Å². The summed E-state index contributed by atoms with van der Waals surface area (Å²) in [5.41, 5.74) is 4.10. The number of rotatable bonds is 6. The second-order valence-electron chi connectivity index (χ2n) is 5.33. The van der Waals surface area contributed by atoms with E-state index >= 15 is 0 Å². The summed E-state index contributed by atoms with van der Waals surface area (Å²) in [7, 11) is 0. The van der Waals surface area contributed by atoms with Crippen molar-refractivity contribution in [1.82, 2.24) is 0 Å². The van der Waals surface area contributed by atoms with Crippen molar-refractivity contribution in [2.24, 2.45) is 0 Å².